The second-order valence-electron chi connectivity index (χ2n) is 4.16. The molecule has 1 N–H and O–H groups in total. The Morgan fingerprint density at radius 1 is 1.47 bits per heavy atom. The summed E-state index contributed by atoms with van der Waals surface area (Å²) in [5.41, 5.74) is 1.70. The van der Waals surface area contributed by atoms with Crippen LogP contribution < -0.4 is 4.90 Å². The largest absolute Gasteiger partial charge is 0.477 e. The number of hydrogen-bond donors (Lipinski definition) is 1. The number of benzene rings is 1. The summed E-state index contributed by atoms with van der Waals surface area (Å²) in [5, 5.41) is 9.75. The van der Waals surface area contributed by atoms with Crippen LogP contribution in [0.1, 0.15) is 20.9 Å². The Morgan fingerprint density at radius 2 is 2.16 bits per heavy atom. The van der Waals surface area contributed by atoms with Crippen molar-refractivity contribution >= 4 is 38.4 Å². The van der Waals surface area contributed by atoms with Gasteiger partial charge in [-0.1, -0.05) is 45.5 Å². The lowest BCUT2D eigenvalue weighted by Crippen LogP contribution is -2.16. The van der Waals surface area contributed by atoms with Gasteiger partial charge in [-0.3, -0.25) is 0 Å². The quantitative estimate of drug-likeness (QED) is 0.924. The van der Waals surface area contributed by atoms with E-state index in [-0.39, 0.29) is 0 Å². The van der Waals surface area contributed by atoms with Crippen LogP contribution in [0.5, 0.6) is 0 Å². The van der Waals surface area contributed by atoms with Crippen molar-refractivity contribution in [2.45, 2.75) is 13.5 Å². The molecule has 0 aliphatic heterocycles. The molecule has 0 radical (unpaired) electrons. The molecule has 6 heteroatoms. The predicted molar refractivity (Wildman–Crippen MR) is 80.1 cm³/mol. The Hall–Kier alpha value is -1.40. The predicted octanol–water partition coefficient (Wildman–Crippen LogP) is 3.55. The molecule has 100 valence electrons. The van der Waals surface area contributed by atoms with E-state index in [0.29, 0.717) is 22.2 Å². The molecule has 1 aromatic carbocycles. The first-order valence-corrected chi connectivity index (χ1v) is 7.25. The maximum absolute atomic E-state index is 11.0. The smallest absolute Gasteiger partial charge is 0.347 e. The minimum absolute atomic E-state index is 0.300. The molecule has 2 aromatic rings. The highest BCUT2D eigenvalue weighted by atomic mass is 79.9. The number of rotatable bonds is 4. The van der Waals surface area contributed by atoms with Crippen LogP contribution in [0.15, 0.2) is 28.7 Å². The first-order chi connectivity index (χ1) is 8.99. The maximum atomic E-state index is 11.0. The van der Waals surface area contributed by atoms with Crippen LogP contribution in [0.2, 0.25) is 0 Å². The van der Waals surface area contributed by atoms with E-state index in [0.717, 1.165) is 10.0 Å². The number of carbonyl (C=O) groups is 1. The normalized spacial score (nSPS) is 10.5. The van der Waals surface area contributed by atoms with E-state index in [1.165, 1.54) is 11.3 Å². The van der Waals surface area contributed by atoms with Gasteiger partial charge in [0.15, 0.2) is 5.13 Å². The lowest BCUT2D eigenvalue weighted by atomic mass is 10.2. The second-order valence-corrected chi connectivity index (χ2v) is 6.00. The monoisotopic (exact) mass is 340 g/mol. The zero-order chi connectivity index (χ0) is 14.0. The number of aromatic nitrogens is 1. The molecule has 19 heavy (non-hydrogen) atoms. The maximum Gasteiger partial charge on any atom is 0.347 e. The van der Waals surface area contributed by atoms with Crippen molar-refractivity contribution in [1.82, 2.24) is 4.98 Å². The Morgan fingerprint density at radius 3 is 2.74 bits per heavy atom. The van der Waals surface area contributed by atoms with Crippen molar-refractivity contribution < 1.29 is 9.90 Å². The average molecular weight is 341 g/mol. The summed E-state index contributed by atoms with van der Waals surface area (Å²) >= 11 is 4.70. The van der Waals surface area contributed by atoms with Gasteiger partial charge in [-0.25, -0.2) is 9.78 Å². The molecule has 4 nitrogen and oxygen atoms in total. The third-order valence-electron chi connectivity index (χ3n) is 2.67. The third kappa shape index (κ3) is 3.13. The van der Waals surface area contributed by atoms with Crippen LogP contribution in [-0.2, 0) is 6.54 Å². The molecule has 0 fully saturated rings. The van der Waals surface area contributed by atoms with E-state index in [2.05, 4.69) is 20.9 Å². The molecular weight excluding hydrogens is 328 g/mol. The van der Waals surface area contributed by atoms with Gasteiger partial charge in [-0.05, 0) is 18.6 Å². The van der Waals surface area contributed by atoms with Crippen LogP contribution in [-0.4, -0.2) is 23.1 Å². The third-order valence-corrected chi connectivity index (χ3v) is 4.70. The van der Waals surface area contributed by atoms with Crippen molar-refractivity contribution in [3.63, 3.8) is 0 Å². The van der Waals surface area contributed by atoms with E-state index in [9.17, 15) is 4.79 Å². The number of anilines is 1. The van der Waals surface area contributed by atoms with Crippen LogP contribution in [0.3, 0.4) is 0 Å². The van der Waals surface area contributed by atoms with Crippen LogP contribution >= 0.6 is 27.3 Å². The molecule has 0 amide bonds. The molecule has 2 rings (SSSR count). The first-order valence-electron chi connectivity index (χ1n) is 5.64. The van der Waals surface area contributed by atoms with Gasteiger partial charge >= 0.3 is 5.97 Å². The van der Waals surface area contributed by atoms with E-state index in [4.69, 9.17) is 5.11 Å². The fourth-order valence-corrected chi connectivity index (χ4v) is 2.97. The number of hydrogen-bond acceptors (Lipinski definition) is 4. The van der Waals surface area contributed by atoms with Crippen molar-refractivity contribution in [2.75, 3.05) is 11.9 Å². The van der Waals surface area contributed by atoms with Crippen molar-refractivity contribution in [3.05, 3.63) is 44.9 Å². The molecule has 0 spiro atoms. The number of carboxylic acid groups (broad SMARTS) is 1. The molecule has 0 unspecified atom stereocenters. The Kier molecular flexibility index (Phi) is 4.21. The van der Waals surface area contributed by atoms with Gasteiger partial charge in [0, 0.05) is 18.1 Å². The van der Waals surface area contributed by atoms with E-state index < -0.39 is 5.97 Å². The molecule has 0 saturated carbocycles. The van der Waals surface area contributed by atoms with Gasteiger partial charge < -0.3 is 10.0 Å². The lowest BCUT2D eigenvalue weighted by Gasteiger charge is -2.16. The SMILES string of the molecule is Cc1nc(N(C)Cc2ccccc2Br)sc1C(=O)O. The Bertz CT molecular complexity index is 612. The summed E-state index contributed by atoms with van der Waals surface area (Å²) in [4.78, 5) is 17.6. The van der Waals surface area contributed by atoms with Crippen LogP contribution in [0.25, 0.3) is 0 Å². The zero-order valence-electron chi connectivity index (χ0n) is 10.6. The minimum Gasteiger partial charge on any atom is -0.477 e. The number of thiazole rings is 1. The molecule has 1 heterocycles. The topological polar surface area (TPSA) is 53.4 Å². The van der Waals surface area contributed by atoms with Crippen molar-refractivity contribution in [2.24, 2.45) is 0 Å². The second kappa shape index (κ2) is 5.71. The van der Waals surface area contributed by atoms with E-state index in [1.54, 1.807) is 6.92 Å². The highest BCUT2D eigenvalue weighted by Crippen LogP contribution is 2.27. The highest BCUT2D eigenvalue weighted by molar-refractivity contribution is 9.10. The van der Waals surface area contributed by atoms with Gasteiger partial charge in [-0.2, -0.15) is 0 Å². The molecule has 1 aromatic heterocycles. The Balaban J connectivity index is 2.21. The van der Waals surface area contributed by atoms with Gasteiger partial charge in [0.1, 0.15) is 4.88 Å². The highest BCUT2D eigenvalue weighted by Gasteiger charge is 2.16. The first kappa shape index (κ1) is 14.0. The summed E-state index contributed by atoms with van der Waals surface area (Å²) in [6, 6.07) is 7.95. The number of aromatic carboxylic acids is 1. The number of halogens is 1. The fourth-order valence-electron chi connectivity index (χ4n) is 1.69. The number of carboxylic acids is 1. The van der Waals surface area contributed by atoms with Crippen molar-refractivity contribution in [3.8, 4) is 0 Å². The fraction of sp³-hybridized carbons (Fsp3) is 0.231. The minimum atomic E-state index is -0.921. The van der Waals surface area contributed by atoms with Gasteiger partial charge in [0.25, 0.3) is 0 Å². The molecule has 0 saturated heterocycles. The van der Waals surface area contributed by atoms with Gasteiger partial charge in [-0.15, -0.1) is 0 Å². The number of aryl methyl sites for hydroxylation is 1. The average Bonchev–Trinajstić information content (AvgIpc) is 2.74. The van der Waals surface area contributed by atoms with Crippen LogP contribution in [0, 0.1) is 6.92 Å². The van der Waals surface area contributed by atoms with Crippen LogP contribution in [0.4, 0.5) is 5.13 Å². The number of nitrogens with zero attached hydrogens (tertiary/aromatic N) is 2. The molecule has 0 aliphatic carbocycles. The van der Waals surface area contributed by atoms with E-state index >= 15 is 0 Å². The summed E-state index contributed by atoms with van der Waals surface area (Å²) in [7, 11) is 1.91. The Labute approximate surface area is 123 Å². The molecule has 0 atom stereocenters. The van der Waals surface area contributed by atoms with Gasteiger partial charge in [0.2, 0.25) is 0 Å². The molecule has 0 bridgehead atoms. The summed E-state index contributed by atoms with van der Waals surface area (Å²) in [6.45, 7) is 2.39. The summed E-state index contributed by atoms with van der Waals surface area (Å²) in [6.07, 6.45) is 0. The standard InChI is InChI=1S/C13H13BrN2O2S/c1-8-11(12(17)18)19-13(15-8)16(2)7-9-5-3-4-6-10(9)14/h3-6H,7H2,1-2H3,(H,17,18). The summed E-state index contributed by atoms with van der Waals surface area (Å²) < 4.78 is 1.04. The van der Waals surface area contributed by atoms with Crippen molar-refractivity contribution in [1.29, 1.82) is 0 Å². The lowest BCUT2D eigenvalue weighted by molar-refractivity contribution is 0.0701. The zero-order valence-corrected chi connectivity index (χ0v) is 13.0. The molecule has 0 aliphatic rings. The molecular formula is C13H13BrN2O2S. The van der Waals surface area contributed by atoms with Gasteiger partial charge in [0.05, 0.1) is 5.69 Å². The summed E-state index contributed by atoms with van der Waals surface area (Å²) in [5.74, 6) is -0.921. The van der Waals surface area contributed by atoms with E-state index in [1.807, 2.05) is 36.2 Å².